The second kappa shape index (κ2) is 7.95. The highest BCUT2D eigenvalue weighted by Crippen LogP contribution is 2.28. The quantitative estimate of drug-likeness (QED) is 0.435. The number of benzene rings is 2. The maximum atomic E-state index is 5.69. The van der Waals surface area contributed by atoms with Gasteiger partial charge >= 0.3 is 0 Å². The van der Waals surface area contributed by atoms with Crippen LogP contribution in [0.25, 0.3) is 28.0 Å². The highest BCUT2D eigenvalue weighted by Gasteiger charge is 2.19. The van der Waals surface area contributed by atoms with Gasteiger partial charge in [0.2, 0.25) is 0 Å². The fraction of sp³-hybridized carbons (Fsp3) is 0.333. The summed E-state index contributed by atoms with van der Waals surface area (Å²) in [5.41, 5.74) is 6.37. The van der Waals surface area contributed by atoms with Gasteiger partial charge in [-0.25, -0.2) is 4.98 Å². The standard InChI is InChI=1S/C24H28N4O2/c1-24(2,3)23-15-22(27(4)26-23)17-6-8-18(9-7-17)28-16-25-20-14-19(10-11-21(20)28)30-13-12-29-5/h6-11,14-16H,12-13H2,1-5H3. The van der Waals surface area contributed by atoms with Crippen molar-refractivity contribution in [3.63, 3.8) is 0 Å². The third-order valence-electron chi connectivity index (χ3n) is 5.16. The number of hydrogen-bond donors (Lipinski definition) is 0. The minimum atomic E-state index is 0.0256. The first-order valence-electron chi connectivity index (χ1n) is 10.1. The Morgan fingerprint density at radius 1 is 0.967 bits per heavy atom. The van der Waals surface area contributed by atoms with E-state index in [1.54, 1.807) is 7.11 Å². The van der Waals surface area contributed by atoms with Crippen LogP contribution >= 0.6 is 0 Å². The van der Waals surface area contributed by atoms with Crippen LogP contribution in [0.5, 0.6) is 5.75 Å². The van der Waals surface area contributed by atoms with E-state index in [2.05, 4.69) is 65.8 Å². The van der Waals surface area contributed by atoms with Crippen molar-refractivity contribution in [2.75, 3.05) is 20.3 Å². The zero-order chi connectivity index (χ0) is 21.3. The van der Waals surface area contributed by atoms with Gasteiger partial charge in [0.05, 0.1) is 29.0 Å². The monoisotopic (exact) mass is 404 g/mol. The smallest absolute Gasteiger partial charge is 0.121 e. The maximum Gasteiger partial charge on any atom is 0.121 e. The molecule has 0 aliphatic rings. The van der Waals surface area contributed by atoms with Crippen LogP contribution in [0.4, 0.5) is 0 Å². The van der Waals surface area contributed by atoms with E-state index in [-0.39, 0.29) is 5.41 Å². The van der Waals surface area contributed by atoms with Crippen molar-refractivity contribution in [2.45, 2.75) is 26.2 Å². The van der Waals surface area contributed by atoms with Crippen molar-refractivity contribution >= 4 is 11.0 Å². The molecule has 0 fully saturated rings. The van der Waals surface area contributed by atoms with E-state index in [1.807, 2.05) is 36.3 Å². The van der Waals surface area contributed by atoms with Gasteiger partial charge in [-0.1, -0.05) is 32.9 Å². The molecule has 0 N–H and O–H groups in total. The molecule has 0 unspecified atom stereocenters. The summed E-state index contributed by atoms with van der Waals surface area (Å²) in [6.45, 7) is 7.63. The van der Waals surface area contributed by atoms with Crippen LogP contribution in [0, 0.1) is 0 Å². The molecule has 0 saturated carbocycles. The number of rotatable bonds is 6. The largest absolute Gasteiger partial charge is 0.491 e. The fourth-order valence-electron chi connectivity index (χ4n) is 3.43. The van der Waals surface area contributed by atoms with E-state index in [0.717, 1.165) is 39.4 Å². The van der Waals surface area contributed by atoms with Gasteiger partial charge < -0.3 is 9.47 Å². The van der Waals surface area contributed by atoms with Gasteiger partial charge in [-0.2, -0.15) is 5.10 Å². The highest BCUT2D eigenvalue weighted by molar-refractivity contribution is 5.79. The predicted octanol–water partition coefficient (Wildman–Crippen LogP) is 4.75. The summed E-state index contributed by atoms with van der Waals surface area (Å²) >= 11 is 0. The zero-order valence-corrected chi connectivity index (χ0v) is 18.2. The Hall–Kier alpha value is -3.12. The lowest BCUT2D eigenvalue weighted by Gasteiger charge is -2.13. The molecule has 6 nitrogen and oxygen atoms in total. The number of aryl methyl sites for hydroxylation is 1. The molecule has 6 heteroatoms. The Morgan fingerprint density at radius 3 is 2.40 bits per heavy atom. The van der Waals surface area contributed by atoms with Crippen molar-refractivity contribution in [1.29, 1.82) is 0 Å². The van der Waals surface area contributed by atoms with Gasteiger partial charge in [0.1, 0.15) is 18.7 Å². The van der Waals surface area contributed by atoms with Crippen LogP contribution in [-0.4, -0.2) is 39.7 Å². The molecule has 0 aliphatic heterocycles. The number of hydrogen-bond acceptors (Lipinski definition) is 4. The minimum Gasteiger partial charge on any atom is -0.491 e. The van der Waals surface area contributed by atoms with E-state index in [0.29, 0.717) is 13.2 Å². The van der Waals surface area contributed by atoms with Gasteiger partial charge in [-0.05, 0) is 35.9 Å². The molecule has 0 spiro atoms. The first-order chi connectivity index (χ1) is 14.4. The first-order valence-corrected chi connectivity index (χ1v) is 10.1. The number of nitrogens with zero attached hydrogens (tertiary/aromatic N) is 4. The van der Waals surface area contributed by atoms with Crippen LogP contribution in [0.3, 0.4) is 0 Å². The summed E-state index contributed by atoms with van der Waals surface area (Å²) in [4.78, 5) is 4.55. The molecular weight excluding hydrogens is 376 g/mol. The van der Waals surface area contributed by atoms with Crippen molar-refractivity contribution in [1.82, 2.24) is 19.3 Å². The first kappa shape index (κ1) is 20.2. The van der Waals surface area contributed by atoms with Gasteiger partial charge in [0.15, 0.2) is 0 Å². The normalized spacial score (nSPS) is 11.9. The molecule has 156 valence electrons. The second-order valence-corrected chi connectivity index (χ2v) is 8.44. The molecule has 0 saturated heterocycles. The third-order valence-corrected chi connectivity index (χ3v) is 5.16. The van der Waals surface area contributed by atoms with Crippen molar-refractivity contribution in [2.24, 2.45) is 7.05 Å². The highest BCUT2D eigenvalue weighted by atomic mass is 16.5. The molecule has 2 heterocycles. The molecular formula is C24H28N4O2. The van der Waals surface area contributed by atoms with Crippen molar-refractivity contribution in [3.05, 3.63) is 60.6 Å². The molecule has 2 aromatic carbocycles. The Labute approximate surface area is 177 Å². The molecule has 2 aromatic heterocycles. The van der Waals surface area contributed by atoms with E-state index in [9.17, 15) is 0 Å². The van der Waals surface area contributed by atoms with E-state index >= 15 is 0 Å². The molecule has 0 bridgehead atoms. The fourth-order valence-corrected chi connectivity index (χ4v) is 3.43. The van der Waals surface area contributed by atoms with Crippen molar-refractivity contribution < 1.29 is 9.47 Å². The molecule has 30 heavy (non-hydrogen) atoms. The summed E-state index contributed by atoms with van der Waals surface area (Å²) in [6.07, 6.45) is 1.85. The Balaban J connectivity index is 1.60. The van der Waals surface area contributed by atoms with Gasteiger partial charge in [-0.3, -0.25) is 9.25 Å². The average Bonchev–Trinajstić information content (AvgIpc) is 3.31. The summed E-state index contributed by atoms with van der Waals surface area (Å²) in [5.74, 6) is 0.797. The summed E-state index contributed by atoms with van der Waals surface area (Å²) in [7, 11) is 3.66. The predicted molar refractivity (Wildman–Crippen MR) is 119 cm³/mol. The summed E-state index contributed by atoms with van der Waals surface area (Å²) in [5, 5.41) is 4.69. The zero-order valence-electron chi connectivity index (χ0n) is 18.2. The van der Waals surface area contributed by atoms with E-state index < -0.39 is 0 Å². The number of fused-ring (bicyclic) bond motifs is 1. The molecule has 4 rings (SSSR count). The molecule has 0 amide bonds. The average molecular weight is 405 g/mol. The van der Waals surface area contributed by atoms with Crippen LogP contribution in [0.2, 0.25) is 0 Å². The lowest BCUT2D eigenvalue weighted by atomic mass is 9.92. The Bertz CT molecular complexity index is 1150. The molecule has 0 aliphatic carbocycles. The van der Waals surface area contributed by atoms with E-state index in [4.69, 9.17) is 9.47 Å². The Morgan fingerprint density at radius 2 is 1.73 bits per heavy atom. The van der Waals surface area contributed by atoms with E-state index in [1.165, 1.54) is 0 Å². The topological polar surface area (TPSA) is 54.1 Å². The number of methoxy groups -OCH3 is 1. The van der Waals surface area contributed by atoms with Gasteiger partial charge in [-0.15, -0.1) is 0 Å². The third kappa shape index (κ3) is 3.96. The number of ether oxygens (including phenoxy) is 2. The lowest BCUT2D eigenvalue weighted by molar-refractivity contribution is 0.146. The number of imidazole rings is 1. The van der Waals surface area contributed by atoms with Crippen LogP contribution in [-0.2, 0) is 17.2 Å². The summed E-state index contributed by atoms with van der Waals surface area (Å²) < 4.78 is 14.8. The van der Waals surface area contributed by atoms with Crippen LogP contribution in [0.15, 0.2) is 54.9 Å². The number of aromatic nitrogens is 4. The van der Waals surface area contributed by atoms with Crippen molar-refractivity contribution in [3.8, 4) is 22.7 Å². The van der Waals surface area contributed by atoms with Gasteiger partial charge in [0.25, 0.3) is 0 Å². The second-order valence-electron chi connectivity index (χ2n) is 8.44. The molecule has 0 atom stereocenters. The van der Waals surface area contributed by atoms with Gasteiger partial charge in [0, 0.05) is 31.3 Å². The molecule has 4 aromatic rings. The SMILES string of the molecule is COCCOc1ccc2c(c1)ncn2-c1ccc(-c2cc(C(C)(C)C)nn2C)cc1. The van der Waals surface area contributed by atoms with Crippen LogP contribution in [0.1, 0.15) is 26.5 Å². The minimum absolute atomic E-state index is 0.0256. The maximum absolute atomic E-state index is 5.69. The molecule has 0 radical (unpaired) electrons. The lowest BCUT2D eigenvalue weighted by Crippen LogP contribution is -2.12. The van der Waals surface area contributed by atoms with Crippen LogP contribution < -0.4 is 4.74 Å². The summed E-state index contributed by atoms with van der Waals surface area (Å²) in [6, 6.07) is 16.6. The Kier molecular flexibility index (Phi) is 5.35.